The van der Waals surface area contributed by atoms with Crippen molar-refractivity contribution < 1.29 is 17.9 Å². The Morgan fingerprint density at radius 2 is 1.63 bits per heavy atom. The molecule has 0 aliphatic rings. The number of hydrogen-bond donors (Lipinski definition) is 0. The highest BCUT2D eigenvalue weighted by atomic mass is 35.5. The van der Waals surface area contributed by atoms with Gasteiger partial charge in [-0.3, -0.25) is 0 Å². The lowest BCUT2D eigenvalue weighted by Gasteiger charge is -2.11. The normalized spacial score (nSPS) is 11.4. The van der Waals surface area contributed by atoms with Gasteiger partial charge in [0.05, 0.1) is 10.0 Å². The first-order valence-electron chi connectivity index (χ1n) is 5.17. The van der Waals surface area contributed by atoms with E-state index in [1.54, 1.807) is 24.3 Å². The van der Waals surface area contributed by atoms with Crippen LogP contribution in [0.2, 0.25) is 10.0 Å². The van der Waals surface area contributed by atoms with Gasteiger partial charge >= 0.3 is 6.36 Å². The molecule has 0 radical (unpaired) electrons. The minimum Gasteiger partial charge on any atom is -0.406 e. The van der Waals surface area contributed by atoms with Crippen LogP contribution in [0.3, 0.4) is 0 Å². The molecule has 0 saturated heterocycles. The molecule has 0 spiro atoms. The van der Waals surface area contributed by atoms with Gasteiger partial charge in [-0.05, 0) is 23.8 Å². The predicted molar refractivity (Wildman–Crippen MR) is 68.6 cm³/mol. The molecule has 2 aromatic carbocycles. The van der Waals surface area contributed by atoms with Crippen LogP contribution in [0.25, 0.3) is 11.1 Å². The SMILES string of the molecule is FC(F)(F)Oc1cccc(-c2cccc(Cl)c2Cl)c1. The van der Waals surface area contributed by atoms with Gasteiger partial charge in [0.1, 0.15) is 5.75 Å². The minimum atomic E-state index is -4.73. The Morgan fingerprint density at radius 1 is 0.947 bits per heavy atom. The van der Waals surface area contributed by atoms with Crippen molar-refractivity contribution in [3.63, 3.8) is 0 Å². The third kappa shape index (κ3) is 3.55. The fraction of sp³-hybridized carbons (Fsp3) is 0.0769. The summed E-state index contributed by atoms with van der Waals surface area (Å²) in [6.45, 7) is 0. The Morgan fingerprint density at radius 3 is 2.32 bits per heavy atom. The Hall–Kier alpha value is -1.39. The van der Waals surface area contributed by atoms with Crippen molar-refractivity contribution in [2.24, 2.45) is 0 Å². The van der Waals surface area contributed by atoms with E-state index in [0.717, 1.165) is 0 Å². The molecule has 0 N–H and O–H groups in total. The summed E-state index contributed by atoms with van der Waals surface area (Å²) in [5.41, 5.74) is 1.04. The van der Waals surface area contributed by atoms with E-state index in [9.17, 15) is 13.2 Å². The highest BCUT2D eigenvalue weighted by Crippen LogP contribution is 2.35. The van der Waals surface area contributed by atoms with E-state index >= 15 is 0 Å². The van der Waals surface area contributed by atoms with Crippen LogP contribution in [0.5, 0.6) is 5.75 Å². The van der Waals surface area contributed by atoms with E-state index < -0.39 is 6.36 Å². The summed E-state index contributed by atoms with van der Waals surface area (Å²) in [5.74, 6) is -0.305. The molecule has 0 fully saturated rings. The number of halogens is 5. The summed E-state index contributed by atoms with van der Waals surface area (Å²) in [6.07, 6.45) is -4.73. The van der Waals surface area contributed by atoms with E-state index in [1.807, 2.05) is 0 Å². The molecule has 19 heavy (non-hydrogen) atoms. The van der Waals surface area contributed by atoms with Gasteiger partial charge in [0.2, 0.25) is 0 Å². The maximum atomic E-state index is 12.1. The summed E-state index contributed by atoms with van der Waals surface area (Å²) >= 11 is 11.9. The lowest BCUT2D eigenvalue weighted by atomic mass is 10.1. The molecular weight excluding hydrogens is 300 g/mol. The number of ether oxygens (including phenoxy) is 1. The van der Waals surface area contributed by atoms with Crippen molar-refractivity contribution in [3.05, 3.63) is 52.5 Å². The van der Waals surface area contributed by atoms with Crippen molar-refractivity contribution in [2.75, 3.05) is 0 Å². The molecule has 1 nitrogen and oxygen atoms in total. The first-order valence-corrected chi connectivity index (χ1v) is 5.92. The maximum Gasteiger partial charge on any atom is 0.573 e. The Bertz CT molecular complexity index is 597. The predicted octanol–water partition coefficient (Wildman–Crippen LogP) is 5.56. The van der Waals surface area contributed by atoms with Gasteiger partial charge in [0.25, 0.3) is 0 Å². The molecule has 0 aliphatic heterocycles. The van der Waals surface area contributed by atoms with Gasteiger partial charge in [-0.1, -0.05) is 47.5 Å². The van der Waals surface area contributed by atoms with E-state index in [0.29, 0.717) is 16.1 Å². The average Bonchev–Trinajstić information content (AvgIpc) is 2.31. The fourth-order valence-corrected chi connectivity index (χ4v) is 2.00. The number of benzene rings is 2. The molecule has 100 valence electrons. The van der Waals surface area contributed by atoms with Crippen LogP contribution in [-0.4, -0.2) is 6.36 Å². The van der Waals surface area contributed by atoms with Gasteiger partial charge in [-0.15, -0.1) is 13.2 Å². The van der Waals surface area contributed by atoms with E-state index in [2.05, 4.69) is 4.74 Å². The van der Waals surface area contributed by atoms with Crippen LogP contribution in [0.15, 0.2) is 42.5 Å². The molecule has 0 bridgehead atoms. The Labute approximate surface area is 117 Å². The van der Waals surface area contributed by atoms with E-state index in [1.165, 1.54) is 18.2 Å². The van der Waals surface area contributed by atoms with Crippen molar-refractivity contribution in [1.29, 1.82) is 0 Å². The Kier molecular flexibility index (Phi) is 3.92. The second-order valence-electron chi connectivity index (χ2n) is 3.68. The van der Waals surface area contributed by atoms with Gasteiger partial charge in [0, 0.05) is 5.56 Å². The van der Waals surface area contributed by atoms with Crippen molar-refractivity contribution in [2.45, 2.75) is 6.36 Å². The zero-order valence-electron chi connectivity index (χ0n) is 9.34. The summed E-state index contributed by atoms with van der Waals surface area (Å²) in [4.78, 5) is 0. The Balaban J connectivity index is 2.41. The number of rotatable bonds is 2. The van der Waals surface area contributed by atoms with Crippen molar-refractivity contribution >= 4 is 23.2 Å². The van der Waals surface area contributed by atoms with Crippen LogP contribution in [-0.2, 0) is 0 Å². The highest BCUT2D eigenvalue weighted by molar-refractivity contribution is 6.43. The summed E-state index contributed by atoms with van der Waals surface area (Å²) in [6, 6.07) is 10.5. The average molecular weight is 307 g/mol. The molecule has 0 aromatic heterocycles. The van der Waals surface area contributed by atoms with Crippen LogP contribution in [0, 0.1) is 0 Å². The third-order valence-corrected chi connectivity index (χ3v) is 3.15. The van der Waals surface area contributed by atoms with E-state index in [4.69, 9.17) is 23.2 Å². The molecule has 0 saturated carbocycles. The van der Waals surface area contributed by atoms with Gasteiger partial charge in [0.15, 0.2) is 0 Å². The lowest BCUT2D eigenvalue weighted by Crippen LogP contribution is -2.17. The summed E-state index contributed by atoms with van der Waals surface area (Å²) in [5, 5.41) is 0.620. The molecule has 2 aromatic rings. The quantitative estimate of drug-likeness (QED) is 0.706. The van der Waals surface area contributed by atoms with Crippen LogP contribution < -0.4 is 4.74 Å². The first-order chi connectivity index (χ1) is 8.87. The lowest BCUT2D eigenvalue weighted by molar-refractivity contribution is -0.274. The standard InChI is InChI=1S/C13H7Cl2F3O/c14-11-6-2-5-10(12(11)15)8-3-1-4-9(7-8)19-13(16,17)18/h1-7H. The van der Waals surface area contributed by atoms with Crippen LogP contribution in [0.1, 0.15) is 0 Å². The van der Waals surface area contributed by atoms with Crippen LogP contribution in [0.4, 0.5) is 13.2 Å². The molecular formula is C13H7Cl2F3O. The second kappa shape index (κ2) is 5.31. The van der Waals surface area contributed by atoms with E-state index in [-0.39, 0.29) is 10.8 Å². The molecule has 0 amide bonds. The van der Waals surface area contributed by atoms with Crippen molar-refractivity contribution in [1.82, 2.24) is 0 Å². The largest absolute Gasteiger partial charge is 0.573 e. The molecule has 0 atom stereocenters. The molecule has 2 rings (SSSR count). The maximum absolute atomic E-state index is 12.1. The summed E-state index contributed by atoms with van der Waals surface area (Å²) in [7, 11) is 0. The molecule has 0 aliphatic carbocycles. The zero-order valence-corrected chi connectivity index (χ0v) is 10.9. The number of alkyl halides is 3. The topological polar surface area (TPSA) is 9.23 Å². The first kappa shape index (κ1) is 14.0. The summed E-state index contributed by atoms with van der Waals surface area (Å²) < 4.78 is 40.3. The molecule has 0 heterocycles. The van der Waals surface area contributed by atoms with Gasteiger partial charge in [-0.25, -0.2) is 0 Å². The zero-order chi connectivity index (χ0) is 14.0. The highest BCUT2D eigenvalue weighted by Gasteiger charge is 2.31. The van der Waals surface area contributed by atoms with Gasteiger partial charge < -0.3 is 4.74 Å². The molecule has 0 unspecified atom stereocenters. The fourth-order valence-electron chi connectivity index (χ4n) is 1.59. The third-order valence-electron chi connectivity index (χ3n) is 2.33. The minimum absolute atomic E-state index is 0.285. The monoisotopic (exact) mass is 306 g/mol. The molecule has 6 heteroatoms. The van der Waals surface area contributed by atoms with Crippen LogP contribution >= 0.6 is 23.2 Å². The number of hydrogen-bond acceptors (Lipinski definition) is 1. The van der Waals surface area contributed by atoms with Gasteiger partial charge in [-0.2, -0.15) is 0 Å². The smallest absolute Gasteiger partial charge is 0.406 e. The second-order valence-corrected chi connectivity index (χ2v) is 4.46. The van der Waals surface area contributed by atoms with Crippen molar-refractivity contribution in [3.8, 4) is 16.9 Å².